The fraction of sp³-hybridized carbons (Fsp3) is 1.00. The van der Waals surface area contributed by atoms with Crippen LogP contribution < -0.4 is 0 Å². The Morgan fingerprint density at radius 2 is 0.513 bits per heavy atom. The SMILES string of the molecule is CCC[PH3+].CCC[PH3+].CC[P+](C)(C)C.CC[P+](C)(C)C.O=N[O-].O=N[O-].O=N[O-].O=N[O-].O=N[O-].O=N[O-].[Co+2]. The minimum absolute atomic E-state index is 0. The van der Waals surface area contributed by atoms with Crippen molar-refractivity contribution in [3.63, 3.8) is 0 Å². The van der Waals surface area contributed by atoms with Crippen LogP contribution in [0.5, 0.6) is 0 Å². The molecular formula is C16H48CoN6O12P4. The van der Waals surface area contributed by atoms with E-state index in [1.165, 1.54) is 37.5 Å². The van der Waals surface area contributed by atoms with Crippen molar-refractivity contribution in [2.24, 2.45) is 32.0 Å². The molecule has 1 radical (unpaired) electrons. The predicted octanol–water partition coefficient (Wildman–Crippen LogP) is 7.34. The molecule has 0 aliphatic carbocycles. The van der Waals surface area contributed by atoms with Crippen LogP contribution in [-0.2, 0) is 16.8 Å². The van der Waals surface area contributed by atoms with E-state index in [0.717, 1.165) is 32.0 Å². The van der Waals surface area contributed by atoms with Gasteiger partial charge in [-0.1, -0.05) is 13.8 Å². The zero-order valence-electron chi connectivity index (χ0n) is 24.5. The van der Waals surface area contributed by atoms with Crippen molar-refractivity contribution < 1.29 is 16.8 Å². The maximum Gasteiger partial charge on any atom is 2.00 e. The van der Waals surface area contributed by atoms with Crippen molar-refractivity contribution >= 4 is 33.0 Å². The molecule has 243 valence electrons. The topological polar surface area (TPSA) is 315 Å². The van der Waals surface area contributed by atoms with E-state index in [2.05, 4.69) is 67.7 Å². The Labute approximate surface area is 247 Å². The van der Waals surface area contributed by atoms with Gasteiger partial charge in [0.25, 0.3) is 0 Å². The Balaban J connectivity index is -0.0000000251. The van der Waals surface area contributed by atoms with Gasteiger partial charge in [-0.3, -0.25) is 0 Å². The van der Waals surface area contributed by atoms with Gasteiger partial charge in [0.05, 0.1) is 24.6 Å². The molecule has 0 amide bonds. The largest absolute Gasteiger partial charge is 2.00 e. The Hall–Kier alpha value is -1.37. The number of nitrogens with zero attached hydrogens (tertiary/aromatic N) is 6. The fourth-order valence-corrected chi connectivity index (χ4v) is 0. The quantitative estimate of drug-likeness (QED) is 0.158. The van der Waals surface area contributed by atoms with Crippen LogP contribution in [0.15, 0.2) is 32.0 Å². The van der Waals surface area contributed by atoms with Gasteiger partial charge < -0.3 is 60.7 Å². The van der Waals surface area contributed by atoms with Gasteiger partial charge >= 0.3 is 16.8 Å². The molecule has 0 bridgehead atoms. The van der Waals surface area contributed by atoms with Crippen molar-refractivity contribution in [2.75, 3.05) is 64.6 Å². The molecule has 23 heteroatoms. The normalized spacial score (nSPS) is 7.23. The van der Waals surface area contributed by atoms with E-state index in [1.54, 1.807) is 0 Å². The van der Waals surface area contributed by atoms with Crippen LogP contribution in [0.3, 0.4) is 0 Å². The summed E-state index contributed by atoms with van der Waals surface area (Å²) in [6, 6.07) is 0. The third-order valence-corrected chi connectivity index (χ3v) is 7.81. The van der Waals surface area contributed by atoms with Crippen LogP contribution >= 0.6 is 33.0 Å². The molecule has 2 unspecified atom stereocenters. The molecule has 0 spiro atoms. The van der Waals surface area contributed by atoms with Gasteiger partial charge in [-0.05, 0) is 45.2 Å². The Morgan fingerprint density at radius 3 is 0.513 bits per heavy atom. The summed E-state index contributed by atoms with van der Waals surface area (Å²) in [4.78, 5) is 48.0. The second kappa shape index (κ2) is 90.8. The standard InChI is InChI=1S/2C5H14P.2C3H9P.Co.6HNO2/c2*1-5-6(2,3)4;2*1-2-3-4;;6*2-1-3/h2*5H2,1-4H3;2*2-4H2,1H3;;6*(H,2,3)/q2*+1;;;+2;;;;;;/p-4. The van der Waals surface area contributed by atoms with E-state index in [9.17, 15) is 0 Å². The molecule has 0 aromatic carbocycles. The molecule has 0 saturated carbocycles. The minimum Gasteiger partial charge on any atom is -0.444 e. The fourth-order valence-electron chi connectivity index (χ4n) is 0. The average Bonchev–Trinajstić information content (AvgIpc) is 2.82. The van der Waals surface area contributed by atoms with Crippen molar-refractivity contribution in [3.8, 4) is 0 Å². The molecule has 0 saturated heterocycles. The van der Waals surface area contributed by atoms with Crippen molar-refractivity contribution in [1.82, 2.24) is 0 Å². The van der Waals surface area contributed by atoms with Crippen LogP contribution in [0.1, 0.15) is 40.5 Å². The summed E-state index contributed by atoms with van der Waals surface area (Å²) in [6.45, 7) is 23.0. The van der Waals surface area contributed by atoms with E-state index in [0.29, 0.717) is 0 Å². The summed E-state index contributed by atoms with van der Waals surface area (Å²) in [5.74, 6) is 0. The molecule has 39 heavy (non-hydrogen) atoms. The van der Waals surface area contributed by atoms with Crippen LogP contribution in [0.2, 0.25) is 0 Å². The van der Waals surface area contributed by atoms with Crippen LogP contribution in [-0.4, -0.2) is 64.6 Å². The van der Waals surface area contributed by atoms with Crippen molar-refractivity contribution in [1.29, 1.82) is 0 Å². The Bertz CT molecular complexity index is 348. The molecule has 18 nitrogen and oxygen atoms in total. The van der Waals surface area contributed by atoms with Gasteiger partial charge in [0.1, 0.15) is 0 Å². The Morgan fingerprint density at radius 1 is 0.462 bits per heavy atom. The smallest absolute Gasteiger partial charge is 0.444 e. The molecule has 0 rings (SSSR count). The first kappa shape index (κ1) is 71.2. The van der Waals surface area contributed by atoms with Gasteiger partial charge in [-0.25, -0.2) is 0 Å². The molecule has 0 aliphatic rings. The van der Waals surface area contributed by atoms with Crippen molar-refractivity contribution in [3.05, 3.63) is 60.7 Å². The summed E-state index contributed by atoms with van der Waals surface area (Å²) in [5.41, 5.74) is 0. The summed E-state index contributed by atoms with van der Waals surface area (Å²) >= 11 is 0. The van der Waals surface area contributed by atoms with E-state index in [-0.39, 0.29) is 16.8 Å². The molecular weight excluding hydrogens is 651 g/mol. The molecule has 0 aromatic rings. The molecule has 0 heterocycles. The Kier molecular flexibility index (Phi) is 166. The first-order valence-corrected chi connectivity index (χ1v) is 19.0. The first-order valence-electron chi connectivity index (χ1n) is 10.3. The van der Waals surface area contributed by atoms with E-state index < -0.39 is 14.5 Å². The van der Waals surface area contributed by atoms with E-state index in [4.69, 9.17) is 60.7 Å². The van der Waals surface area contributed by atoms with Crippen LogP contribution in [0, 0.1) is 60.7 Å². The molecule has 0 N–H and O–H groups in total. The van der Waals surface area contributed by atoms with Gasteiger partial charge in [0, 0.05) is 54.5 Å². The van der Waals surface area contributed by atoms with Gasteiger partial charge in [0.2, 0.25) is 0 Å². The zero-order valence-corrected chi connectivity index (χ0v) is 30.1. The maximum atomic E-state index is 8.00. The van der Waals surface area contributed by atoms with Crippen LogP contribution in [0.4, 0.5) is 0 Å². The average molecular weight is 699 g/mol. The first-order chi connectivity index (χ1) is 17.4. The van der Waals surface area contributed by atoms with E-state index >= 15 is 0 Å². The predicted molar refractivity (Wildman–Crippen MR) is 178 cm³/mol. The third kappa shape index (κ3) is 1000. The van der Waals surface area contributed by atoms with Crippen LogP contribution in [0.25, 0.3) is 0 Å². The third-order valence-electron chi connectivity index (χ3n) is 2.60. The molecule has 0 fully saturated rings. The number of hydrogen-bond donors (Lipinski definition) is 0. The van der Waals surface area contributed by atoms with Gasteiger partial charge in [-0.2, -0.15) is 0 Å². The summed E-state index contributed by atoms with van der Waals surface area (Å²) in [7, 11) is 3.25. The number of hydrogen-bond acceptors (Lipinski definition) is 18. The molecule has 2 atom stereocenters. The van der Waals surface area contributed by atoms with Gasteiger partial charge in [0.15, 0.2) is 0 Å². The van der Waals surface area contributed by atoms with Crippen molar-refractivity contribution in [2.45, 2.75) is 40.5 Å². The minimum atomic E-state index is -0.397. The second-order valence-electron chi connectivity index (χ2n) is 7.37. The molecule has 0 aliphatic heterocycles. The number of rotatable bonds is 4. The summed E-state index contributed by atoms with van der Waals surface area (Å²) < 4.78 is 0. The maximum absolute atomic E-state index is 8.00. The molecule has 0 aromatic heterocycles. The monoisotopic (exact) mass is 699 g/mol. The van der Waals surface area contributed by atoms with E-state index in [1.807, 2.05) is 18.5 Å². The zero-order chi connectivity index (χ0) is 33.5. The summed E-state index contributed by atoms with van der Waals surface area (Å²) in [6.07, 6.45) is 8.12. The second-order valence-corrected chi connectivity index (χ2v) is 19.2. The summed E-state index contributed by atoms with van der Waals surface area (Å²) in [5, 5.41) is 54.0. The van der Waals surface area contributed by atoms with Gasteiger partial charge in [-0.15, -0.1) is 32.0 Å².